The number of benzene rings is 2. The zero-order valence-electron chi connectivity index (χ0n) is 13.4. The van der Waals surface area contributed by atoms with Crippen LogP contribution in [0.2, 0.25) is 0 Å². The van der Waals surface area contributed by atoms with Gasteiger partial charge in [-0.2, -0.15) is 0 Å². The topological polar surface area (TPSA) is 58.6 Å². The van der Waals surface area contributed by atoms with Crippen molar-refractivity contribution in [3.63, 3.8) is 0 Å². The Balaban J connectivity index is 1.58. The van der Waals surface area contributed by atoms with E-state index in [9.17, 15) is 9.59 Å². The van der Waals surface area contributed by atoms with Gasteiger partial charge in [0.1, 0.15) is 6.10 Å². The van der Waals surface area contributed by atoms with Gasteiger partial charge >= 0.3 is 0 Å². The van der Waals surface area contributed by atoms with Gasteiger partial charge in [-0.15, -0.1) is 0 Å². The summed E-state index contributed by atoms with van der Waals surface area (Å²) in [6.07, 6.45) is -0.433. The summed E-state index contributed by atoms with van der Waals surface area (Å²) in [5, 5.41) is 3.15. The summed E-state index contributed by atoms with van der Waals surface area (Å²) < 4.78 is 6.57. The molecule has 3 rings (SSSR count). The molecule has 0 spiro atoms. The Hall–Kier alpha value is -2.25. The summed E-state index contributed by atoms with van der Waals surface area (Å²) in [5.74, 6) is -0.606. The number of carbonyl (C=O) groups excluding carboxylic acids is 2. The van der Waals surface area contributed by atoms with E-state index < -0.39 is 6.10 Å². The van der Waals surface area contributed by atoms with E-state index in [1.54, 1.807) is 31.2 Å². The zero-order valence-corrected chi connectivity index (χ0v) is 15.8. The van der Waals surface area contributed by atoms with Crippen molar-refractivity contribution in [1.29, 1.82) is 0 Å². The fourth-order valence-corrected chi connectivity index (χ4v) is 3.11. The lowest BCUT2D eigenvalue weighted by Gasteiger charge is -2.21. The highest BCUT2D eigenvalue weighted by atomic mass is 79.9. The third kappa shape index (κ3) is 3.88. The number of thiocarbonyl (C=S) groups is 1. The average Bonchev–Trinajstić information content (AvgIpc) is 2.82. The van der Waals surface area contributed by atoms with Gasteiger partial charge in [0.25, 0.3) is 17.0 Å². The smallest absolute Gasteiger partial charge is 0.261 e. The number of imide groups is 1. The van der Waals surface area contributed by atoms with Gasteiger partial charge in [-0.3, -0.25) is 14.5 Å². The third-order valence-corrected chi connectivity index (χ3v) is 4.44. The van der Waals surface area contributed by atoms with Crippen LogP contribution in [0.25, 0.3) is 0 Å². The van der Waals surface area contributed by atoms with Crippen LogP contribution in [-0.2, 0) is 4.74 Å². The monoisotopic (exact) mass is 418 g/mol. The van der Waals surface area contributed by atoms with E-state index in [0.29, 0.717) is 11.1 Å². The van der Waals surface area contributed by atoms with Crippen molar-refractivity contribution in [2.24, 2.45) is 0 Å². The molecule has 1 aliphatic heterocycles. The number of rotatable bonds is 4. The van der Waals surface area contributed by atoms with Crippen LogP contribution in [-0.4, -0.2) is 34.5 Å². The van der Waals surface area contributed by atoms with Crippen LogP contribution >= 0.6 is 28.1 Å². The normalized spacial score (nSPS) is 14.2. The Morgan fingerprint density at radius 2 is 1.68 bits per heavy atom. The summed E-state index contributed by atoms with van der Waals surface area (Å²) in [4.78, 5) is 25.9. The van der Waals surface area contributed by atoms with Crippen LogP contribution in [0.5, 0.6) is 0 Å². The molecular weight excluding hydrogens is 404 g/mol. The Morgan fingerprint density at radius 1 is 1.12 bits per heavy atom. The first kappa shape index (κ1) is 17.6. The third-order valence-electron chi connectivity index (χ3n) is 3.72. The van der Waals surface area contributed by atoms with E-state index >= 15 is 0 Å². The maximum atomic E-state index is 12.3. The van der Waals surface area contributed by atoms with Gasteiger partial charge in [0.2, 0.25) is 0 Å². The Morgan fingerprint density at radius 3 is 2.24 bits per heavy atom. The minimum atomic E-state index is -0.433. The molecule has 25 heavy (non-hydrogen) atoms. The lowest BCUT2D eigenvalue weighted by atomic mass is 10.1. The number of hydrogen-bond donors (Lipinski definition) is 1. The van der Waals surface area contributed by atoms with Crippen LogP contribution in [0.3, 0.4) is 0 Å². The van der Waals surface area contributed by atoms with E-state index in [1.807, 2.05) is 24.3 Å². The van der Waals surface area contributed by atoms with Crippen LogP contribution in [0.1, 0.15) is 27.6 Å². The minimum Gasteiger partial charge on any atom is -0.466 e. The van der Waals surface area contributed by atoms with Crippen molar-refractivity contribution < 1.29 is 14.3 Å². The van der Waals surface area contributed by atoms with Gasteiger partial charge in [0, 0.05) is 10.2 Å². The molecule has 1 atom stereocenters. The van der Waals surface area contributed by atoms with E-state index in [-0.39, 0.29) is 23.5 Å². The SMILES string of the molecule is CC(CN1C(=O)c2ccccc2C1=O)OC(=S)Nc1ccc(Br)cc1. The molecule has 0 saturated carbocycles. The van der Waals surface area contributed by atoms with E-state index in [0.717, 1.165) is 10.2 Å². The predicted molar refractivity (Wildman–Crippen MR) is 103 cm³/mol. The fraction of sp³-hybridized carbons (Fsp3) is 0.167. The molecule has 5 nitrogen and oxygen atoms in total. The predicted octanol–water partition coefficient (Wildman–Crippen LogP) is 3.85. The molecule has 7 heteroatoms. The number of carbonyl (C=O) groups is 2. The van der Waals surface area contributed by atoms with E-state index in [2.05, 4.69) is 21.2 Å². The number of nitrogens with one attached hydrogen (secondary N) is 1. The largest absolute Gasteiger partial charge is 0.466 e. The Bertz CT molecular complexity index is 803. The Labute approximate surface area is 159 Å². The van der Waals surface area contributed by atoms with Gasteiger partial charge in [0.05, 0.1) is 17.7 Å². The number of halogens is 1. The van der Waals surface area contributed by atoms with Crippen molar-refractivity contribution in [2.45, 2.75) is 13.0 Å². The second kappa shape index (κ2) is 7.33. The fourth-order valence-electron chi connectivity index (χ4n) is 2.56. The number of nitrogens with zero attached hydrogens (tertiary/aromatic N) is 1. The molecule has 2 amide bonds. The van der Waals surface area contributed by atoms with Crippen molar-refractivity contribution >= 4 is 50.8 Å². The number of fused-ring (bicyclic) bond motifs is 1. The number of hydrogen-bond acceptors (Lipinski definition) is 4. The van der Waals surface area contributed by atoms with Crippen LogP contribution in [0.15, 0.2) is 53.0 Å². The van der Waals surface area contributed by atoms with Gasteiger partial charge < -0.3 is 10.1 Å². The van der Waals surface area contributed by atoms with Crippen LogP contribution in [0.4, 0.5) is 5.69 Å². The number of amides is 2. The first-order valence-electron chi connectivity index (χ1n) is 7.64. The van der Waals surface area contributed by atoms with E-state index in [1.165, 1.54) is 4.90 Å². The average molecular weight is 419 g/mol. The summed E-state index contributed by atoms with van der Waals surface area (Å²) in [7, 11) is 0. The molecule has 0 saturated heterocycles. The molecule has 1 N–H and O–H groups in total. The maximum absolute atomic E-state index is 12.3. The lowest BCUT2D eigenvalue weighted by Crippen LogP contribution is -2.38. The maximum Gasteiger partial charge on any atom is 0.261 e. The molecule has 1 unspecified atom stereocenters. The molecular formula is C18H15BrN2O3S. The molecule has 0 fully saturated rings. The highest BCUT2D eigenvalue weighted by Gasteiger charge is 2.36. The van der Waals surface area contributed by atoms with Crippen molar-refractivity contribution in [1.82, 2.24) is 4.90 Å². The number of ether oxygens (including phenoxy) is 1. The molecule has 1 aliphatic rings. The minimum absolute atomic E-state index is 0.133. The molecule has 0 radical (unpaired) electrons. The molecule has 2 aromatic rings. The summed E-state index contributed by atoms with van der Waals surface area (Å²) in [5.41, 5.74) is 1.65. The van der Waals surface area contributed by atoms with Gasteiger partial charge in [-0.25, -0.2) is 0 Å². The summed E-state index contributed by atoms with van der Waals surface area (Å²) in [6, 6.07) is 14.3. The van der Waals surface area contributed by atoms with Crippen LogP contribution < -0.4 is 5.32 Å². The van der Waals surface area contributed by atoms with Crippen LogP contribution in [0, 0.1) is 0 Å². The van der Waals surface area contributed by atoms with Gasteiger partial charge in [-0.1, -0.05) is 28.1 Å². The molecule has 1 heterocycles. The van der Waals surface area contributed by atoms with Crippen molar-refractivity contribution in [3.05, 3.63) is 64.1 Å². The molecule has 0 aromatic heterocycles. The number of anilines is 1. The quantitative estimate of drug-likeness (QED) is 0.603. The van der Waals surface area contributed by atoms with Crippen molar-refractivity contribution in [3.8, 4) is 0 Å². The standard InChI is InChI=1S/C18H15BrN2O3S/c1-11(24-18(25)20-13-8-6-12(19)7-9-13)10-21-16(22)14-4-2-3-5-15(14)17(21)23/h2-9,11H,10H2,1H3,(H,20,25). The Kier molecular flexibility index (Phi) is 5.15. The van der Waals surface area contributed by atoms with Crippen molar-refractivity contribution in [2.75, 3.05) is 11.9 Å². The second-order valence-corrected chi connectivity index (χ2v) is 6.90. The molecule has 2 aromatic carbocycles. The summed E-state index contributed by atoms with van der Waals surface area (Å²) >= 11 is 8.54. The second-order valence-electron chi connectivity index (χ2n) is 5.61. The highest BCUT2D eigenvalue weighted by molar-refractivity contribution is 9.10. The van der Waals surface area contributed by atoms with Gasteiger partial charge in [-0.05, 0) is 55.5 Å². The van der Waals surface area contributed by atoms with Gasteiger partial charge in [0.15, 0.2) is 0 Å². The molecule has 0 bridgehead atoms. The lowest BCUT2D eigenvalue weighted by molar-refractivity contribution is 0.0578. The molecule has 128 valence electrons. The molecule has 0 aliphatic carbocycles. The first-order valence-corrected chi connectivity index (χ1v) is 8.84. The van der Waals surface area contributed by atoms with E-state index in [4.69, 9.17) is 17.0 Å². The zero-order chi connectivity index (χ0) is 18.0. The highest BCUT2D eigenvalue weighted by Crippen LogP contribution is 2.23. The first-order chi connectivity index (χ1) is 12.0. The summed E-state index contributed by atoms with van der Waals surface area (Å²) in [6.45, 7) is 1.90.